The summed E-state index contributed by atoms with van der Waals surface area (Å²) in [5, 5.41) is 3.21. The Hall–Kier alpha value is -3.45. The van der Waals surface area contributed by atoms with Gasteiger partial charge in [-0.3, -0.25) is 4.72 Å². The maximum absolute atomic E-state index is 12.8. The van der Waals surface area contributed by atoms with Crippen molar-refractivity contribution < 1.29 is 8.42 Å². The molecule has 2 N–H and O–H groups in total. The van der Waals surface area contributed by atoms with Gasteiger partial charge in [0.25, 0.3) is 10.0 Å². The van der Waals surface area contributed by atoms with Gasteiger partial charge in [0.2, 0.25) is 0 Å². The monoisotopic (exact) mass is 404 g/mol. The van der Waals surface area contributed by atoms with Crippen LogP contribution >= 0.6 is 0 Å². The van der Waals surface area contributed by atoms with Gasteiger partial charge in [-0.2, -0.15) is 0 Å². The summed E-state index contributed by atoms with van der Waals surface area (Å²) in [7, 11) is -3.80. The van der Waals surface area contributed by atoms with Gasteiger partial charge in [-0.25, -0.2) is 18.4 Å². The summed E-state index contributed by atoms with van der Waals surface area (Å²) >= 11 is 0. The third-order valence-corrected chi connectivity index (χ3v) is 5.98. The largest absolute Gasteiger partial charge is 0.337 e. The number of aryl methyl sites for hydroxylation is 2. The van der Waals surface area contributed by atoms with Crippen LogP contribution in [0.15, 0.2) is 77.7 Å². The van der Waals surface area contributed by atoms with Gasteiger partial charge in [-0.1, -0.05) is 36.4 Å². The molecule has 0 aliphatic rings. The van der Waals surface area contributed by atoms with Gasteiger partial charge < -0.3 is 5.32 Å². The Morgan fingerprint density at radius 2 is 1.34 bits per heavy atom. The Morgan fingerprint density at radius 1 is 0.724 bits per heavy atom. The Bertz CT molecular complexity index is 1290. The summed E-state index contributed by atoms with van der Waals surface area (Å²) in [5.74, 6) is 0.484. The highest BCUT2D eigenvalue weighted by Gasteiger charge is 2.18. The van der Waals surface area contributed by atoms with Crippen molar-refractivity contribution in [1.29, 1.82) is 0 Å². The van der Waals surface area contributed by atoms with Crippen molar-refractivity contribution in [3.63, 3.8) is 0 Å². The van der Waals surface area contributed by atoms with Gasteiger partial charge in [0.1, 0.15) is 0 Å². The lowest BCUT2D eigenvalue weighted by atomic mass is 10.1. The lowest BCUT2D eigenvalue weighted by Gasteiger charge is -2.14. The van der Waals surface area contributed by atoms with Crippen LogP contribution in [0.3, 0.4) is 0 Å². The van der Waals surface area contributed by atoms with E-state index in [0.717, 1.165) is 11.3 Å². The van der Waals surface area contributed by atoms with Gasteiger partial charge >= 0.3 is 0 Å². The van der Waals surface area contributed by atoms with Gasteiger partial charge in [0.05, 0.1) is 15.9 Å². The number of benzene rings is 3. The molecule has 1 heterocycles. The van der Waals surface area contributed by atoms with Gasteiger partial charge in [0, 0.05) is 5.69 Å². The first-order valence-corrected chi connectivity index (χ1v) is 10.6. The third kappa shape index (κ3) is 4.05. The fourth-order valence-corrected chi connectivity index (χ4v) is 3.93. The summed E-state index contributed by atoms with van der Waals surface area (Å²) < 4.78 is 28.2. The van der Waals surface area contributed by atoms with Crippen LogP contribution in [-0.4, -0.2) is 18.4 Å². The molecule has 146 valence electrons. The van der Waals surface area contributed by atoms with Gasteiger partial charge in [0.15, 0.2) is 11.6 Å². The van der Waals surface area contributed by atoms with Crippen molar-refractivity contribution in [3.05, 3.63) is 83.9 Å². The van der Waals surface area contributed by atoms with Crippen LogP contribution in [0.25, 0.3) is 11.0 Å². The highest BCUT2D eigenvalue weighted by atomic mass is 32.2. The fraction of sp³-hybridized carbons (Fsp3) is 0.0909. The van der Waals surface area contributed by atoms with E-state index >= 15 is 0 Å². The topological polar surface area (TPSA) is 84.0 Å². The molecular weight excluding hydrogens is 384 g/mol. The first-order chi connectivity index (χ1) is 13.9. The standard InChI is InChI=1S/C22H20N4O2S/c1-15-12-13-17(14-16(15)2)23-21-22(25-20-11-7-6-10-19(20)24-21)26-29(27,28)18-8-4-3-5-9-18/h3-14H,1-2H3,(H,23,24)(H,25,26). The number of nitrogens with zero attached hydrogens (tertiary/aromatic N) is 2. The number of fused-ring (bicyclic) bond motifs is 1. The Morgan fingerprint density at radius 3 is 2.00 bits per heavy atom. The van der Waals surface area contributed by atoms with E-state index in [0.29, 0.717) is 16.9 Å². The molecule has 0 unspecified atom stereocenters. The van der Waals surface area contributed by atoms with Gasteiger partial charge in [-0.05, 0) is 61.4 Å². The van der Waals surface area contributed by atoms with Crippen LogP contribution in [-0.2, 0) is 10.0 Å². The SMILES string of the molecule is Cc1ccc(Nc2nc3ccccc3nc2NS(=O)(=O)c2ccccc2)cc1C. The number of hydrogen-bond acceptors (Lipinski definition) is 5. The van der Waals surface area contributed by atoms with E-state index in [9.17, 15) is 8.42 Å². The van der Waals surface area contributed by atoms with Crippen molar-refractivity contribution >= 4 is 38.4 Å². The van der Waals surface area contributed by atoms with Crippen molar-refractivity contribution in [2.45, 2.75) is 18.7 Å². The van der Waals surface area contributed by atoms with Crippen LogP contribution in [0.5, 0.6) is 0 Å². The Balaban J connectivity index is 1.79. The fourth-order valence-electron chi connectivity index (χ4n) is 2.90. The maximum atomic E-state index is 12.8. The zero-order chi connectivity index (χ0) is 20.4. The van der Waals surface area contributed by atoms with Crippen LogP contribution in [0.4, 0.5) is 17.3 Å². The smallest absolute Gasteiger partial charge is 0.263 e. The predicted molar refractivity (Wildman–Crippen MR) is 116 cm³/mol. The summed E-state index contributed by atoms with van der Waals surface area (Å²) in [4.78, 5) is 9.27. The van der Waals surface area contributed by atoms with E-state index in [1.54, 1.807) is 24.3 Å². The molecule has 0 fully saturated rings. The molecule has 0 spiro atoms. The second-order valence-corrected chi connectivity index (χ2v) is 8.43. The van der Waals surface area contributed by atoms with E-state index in [-0.39, 0.29) is 10.7 Å². The highest BCUT2D eigenvalue weighted by Crippen LogP contribution is 2.27. The number of anilines is 3. The Labute approximate surface area is 169 Å². The van der Waals surface area contributed by atoms with Crippen molar-refractivity contribution in [3.8, 4) is 0 Å². The average molecular weight is 404 g/mol. The molecule has 7 heteroatoms. The lowest BCUT2D eigenvalue weighted by molar-refractivity contribution is 0.601. The molecule has 4 rings (SSSR count). The predicted octanol–water partition coefficient (Wildman–Crippen LogP) is 4.79. The average Bonchev–Trinajstić information content (AvgIpc) is 2.71. The number of para-hydroxylation sites is 2. The van der Waals surface area contributed by atoms with Crippen LogP contribution in [0.1, 0.15) is 11.1 Å². The van der Waals surface area contributed by atoms with E-state index < -0.39 is 10.0 Å². The van der Waals surface area contributed by atoms with E-state index in [1.165, 1.54) is 17.7 Å². The molecule has 0 bridgehead atoms. The molecule has 6 nitrogen and oxygen atoms in total. The zero-order valence-electron chi connectivity index (χ0n) is 16.0. The zero-order valence-corrected chi connectivity index (χ0v) is 16.9. The molecule has 0 aliphatic heterocycles. The molecule has 0 atom stereocenters. The highest BCUT2D eigenvalue weighted by molar-refractivity contribution is 7.92. The number of aromatic nitrogens is 2. The second-order valence-electron chi connectivity index (χ2n) is 6.75. The van der Waals surface area contributed by atoms with E-state index in [2.05, 4.69) is 20.0 Å². The third-order valence-electron chi connectivity index (χ3n) is 4.62. The molecule has 0 aliphatic carbocycles. The van der Waals surface area contributed by atoms with E-state index in [1.807, 2.05) is 50.2 Å². The number of sulfonamides is 1. The van der Waals surface area contributed by atoms with Crippen molar-refractivity contribution in [2.24, 2.45) is 0 Å². The molecule has 4 aromatic rings. The molecule has 3 aromatic carbocycles. The lowest BCUT2D eigenvalue weighted by Crippen LogP contribution is -2.16. The van der Waals surface area contributed by atoms with Crippen LogP contribution in [0, 0.1) is 13.8 Å². The second kappa shape index (κ2) is 7.52. The quantitative estimate of drug-likeness (QED) is 0.500. The number of hydrogen-bond donors (Lipinski definition) is 2. The van der Waals surface area contributed by atoms with Crippen molar-refractivity contribution in [1.82, 2.24) is 9.97 Å². The van der Waals surface area contributed by atoms with Crippen molar-refractivity contribution in [2.75, 3.05) is 10.0 Å². The van der Waals surface area contributed by atoms with Crippen LogP contribution < -0.4 is 10.0 Å². The molecule has 29 heavy (non-hydrogen) atoms. The molecule has 0 radical (unpaired) electrons. The first kappa shape index (κ1) is 18.9. The minimum Gasteiger partial charge on any atom is -0.337 e. The molecule has 0 saturated heterocycles. The van der Waals surface area contributed by atoms with Gasteiger partial charge in [-0.15, -0.1) is 0 Å². The molecule has 0 amide bonds. The van der Waals surface area contributed by atoms with E-state index in [4.69, 9.17) is 0 Å². The first-order valence-electron chi connectivity index (χ1n) is 9.11. The molecule has 1 aromatic heterocycles. The summed E-state index contributed by atoms with van der Waals surface area (Å²) in [6, 6.07) is 21.4. The van der Waals surface area contributed by atoms with Crippen LogP contribution in [0.2, 0.25) is 0 Å². The summed E-state index contributed by atoms with van der Waals surface area (Å²) in [6.45, 7) is 4.06. The molecular formula is C22H20N4O2S. The Kier molecular flexibility index (Phi) is 4.90. The normalized spacial score (nSPS) is 11.4. The summed E-state index contributed by atoms with van der Waals surface area (Å²) in [5.41, 5.74) is 4.36. The summed E-state index contributed by atoms with van der Waals surface area (Å²) in [6.07, 6.45) is 0. The number of nitrogens with one attached hydrogen (secondary N) is 2. The maximum Gasteiger partial charge on any atom is 0.263 e. The minimum atomic E-state index is -3.80. The molecule has 0 saturated carbocycles. The number of rotatable bonds is 5. The minimum absolute atomic E-state index is 0.144.